The van der Waals surface area contributed by atoms with Crippen molar-refractivity contribution < 1.29 is 5.11 Å². The number of hydrogen-bond acceptors (Lipinski definition) is 3. The van der Waals surface area contributed by atoms with Gasteiger partial charge < -0.3 is 10.8 Å². The zero-order chi connectivity index (χ0) is 9.52. The largest absolute Gasteiger partial charge is 0.396 e. The zero-order valence-electron chi connectivity index (χ0n) is 7.69. The first-order valence-electron chi connectivity index (χ1n) is 4.59. The molecule has 1 rings (SSSR count). The number of nitrogens with two attached hydrogens (primary N) is 1. The third-order valence-corrected chi connectivity index (χ3v) is 1.93. The van der Waals surface area contributed by atoms with Crippen LogP contribution >= 0.6 is 0 Å². The zero-order valence-corrected chi connectivity index (χ0v) is 7.69. The van der Waals surface area contributed by atoms with Crippen molar-refractivity contribution in [3.05, 3.63) is 30.1 Å². The van der Waals surface area contributed by atoms with E-state index >= 15 is 0 Å². The summed E-state index contributed by atoms with van der Waals surface area (Å²) in [6.07, 6.45) is 4.19. The lowest BCUT2D eigenvalue weighted by atomic mass is 10.1. The van der Waals surface area contributed by atoms with E-state index in [1.54, 1.807) is 6.20 Å². The van der Waals surface area contributed by atoms with Crippen LogP contribution in [0.2, 0.25) is 0 Å². The first-order valence-corrected chi connectivity index (χ1v) is 4.59. The van der Waals surface area contributed by atoms with Crippen LogP contribution in [0, 0.1) is 0 Å². The second-order valence-electron chi connectivity index (χ2n) is 3.15. The van der Waals surface area contributed by atoms with Crippen LogP contribution in [0.4, 0.5) is 0 Å². The Bertz CT molecular complexity index is 226. The molecule has 0 aliphatic heterocycles. The second kappa shape index (κ2) is 5.67. The van der Waals surface area contributed by atoms with Crippen molar-refractivity contribution in [2.75, 3.05) is 6.61 Å². The van der Waals surface area contributed by atoms with E-state index in [9.17, 15) is 0 Å². The number of aromatic nitrogens is 1. The minimum absolute atomic E-state index is 0.113. The summed E-state index contributed by atoms with van der Waals surface area (Å²) in [5.74, 6) is 0. The summed E-state index contributed by atoms with van der Waals surface area (Å²) in [4.78, 5) is 4.18. The summed E-state index contributed by atoms with van der Waals surface area (Å²) >= 11 is 0. The molecular weight excluding hydrogens is 164 g/mol. The van der Waals surface area contributed by atoms with Gasteiger partial charge in [0.25, 0.3) is 0 Å². The highest BCUT2D eigenvalue weighted by atomic mass is 16.2. The SMILES string of the molecule is NC(CCCO)Cc1ccccn1. The van der Waals surface area contributed by atoms with Gasteiger partial charge in [0.05, 0.1) is 0 Å². The van der Waals surface area contributed by atoms with Crippen LogP contribution in [0.5, 0.6) is 0 Å². The lowest BCUT2D eigenvalue weighted by Gasteiger charge is -2.09. The van der Waals surface area contributed by atoms with Crippen LogP contribution in [0.3, 0.4) is 0 Å². The molecule has 0 spiro atoms. The minimum Gasteiger partial charge on any atom is -0.396 e. The molecule has 0 amide bonds. The van der Waals surface area contributed by atoms with Crippen LogP contribution in [0.25, 0.3) is 0 Å². The summed E-state index contributed by atoms with van der Waals surface area (Å²) in [6.45, 7) is 0.218. The smallest absolute Gasteiger partial charge is 0.0431 e. The molecule has 1 atom stereocenters. The van der Waals surface area contributed by atoms with Gasteiger partial charge in [-0.1, -0.05) is 6.07 Å². The van der Waals surface area contributed by atoms with E-state index in [0.717, 1.165) is 25.0 Å². The molecule has 0 saturated carbocycles. The van der Waals surface area contributed by atoms with Gasteiger partial charge in [0.15, 0.2) is 0 Å². The van der Waals surface area contributed by atoms with Gasteiger partial charge in [-0.3, -0.25) is 4.98 Å². The number of aliphatic hydroxyl groups is 1. The van der Waals surface area contributed by atoms with Gasteiger partial charge in [-0.15, -0.1) is 0 Å². The Balaban J connectivity index is 2.32. The molecule has 0 radical (unpaired) electrons. The molecule has 72 valence electrons. The molecule has 0 bridgehead atoms. The molecule has 0 aliphatic rings. The lowest BCUT2D eigenvalue weighted by molar-refractivity contribution is 0.279. The molecule has 3 N–H and O–H groups in total. The maximum absolute atomic E-state index is 8.61. The van der Waals surface area contributed by atoms with Crippen molar-refractivity contribution in [1.82, 2.24) is 4.98 Å². The topological polar surface area (TPSA) is 59.1 Å². The van der Waals surface area contributed by atoms with Gasteiger partial charge in [-0.2, -0.15) is 0 Å². The van der Waals surface area contributed by atoms with Gasteiger partial charge in [-0.25, -0.2) is 0 Å². The Labute approximate surface area is 78.6 Å². The molecule has 0 saturated heterocycles. The Hall–Kier alpha value is -0.930. The van der Waals surface area contributed by atoms with E-state index in [1.807, 2.05) is 18.2 Å². The summed E-state index contributed by atoms with van der Waals surface area (Å²) in [7, 11) is 0. The van der Waals surface area contributed by atoms with Crippen molar-refractivity contribution >= 4 is 0 Å². The average molecular weight is 180 g/mol. The monoisotopic (exact) mass is 180 g/mol. The summed E-state index contributed by atoms with van der Waals surface area (Å²) < 4.78 is 0. The Morgan fingerprint density at radius 1 is 1.46 bits per heavy atom. The first-order chi connectivity index (χ1) is 6.33. The molecule has 1 aromatic rings. The molecule has 13 heavy (non-hydrogen) atoms. The van der Waals surface area contributed by atoms with E-state index < -0.39 is 0 Å². The fourth-order valence-corrected chi connectivity index (χ4v) is 1.24. The van der Waals surface area contributed by atoms with Crippen molar-refractivity contribution in [3.8, 4) is 0 Å². The lowest BCUT2D eigenvalue weighted by Crippen LogP contribution is -2.23. The fourth-order valence-electron chi connectivity index (χ4n) is 1.24. The fraction of sp³-hybridized carbons (Fsp3) is 0.500. The van der Waals surface area contributed by atoms with E-state index in [4.69, 9.17) is 10.8 Å². The molecule has 3 nitrogen and oxygen atoms in total. The van der Waals surface area contributed by atoms with Gasteiger partial charge in [0, 0.05) is 31.0 Å². The van der Waals surface area contributed by atoms with E-state index in [1.165, 1.54) is 0 Å². The van der Waals surface area contributed by atoms with Crippen LogP contribution < -0.4 is 5.73 Å². The van der Waals surface area contributed by atoms with Crippen LogP contribution in [0.15, 0.2) is 24.4 Å². The highest BCUT2D eigenvalue weighted by molar-refractivity contribution is 5.04. The quantitative estimate of drug-likeness (QED) is 0.702. The Kier molecular flexibility index (Phi) is 4.43. The molecule has 1 unspecified atom stereocenters. The van der Waals surface area contributed by atoms with Gasteiger partial charge in [-0.05, 0) is 25.0 Å². The summed E-state index contributed by atoms with van der Waals surface area (Å²) in [5, 5.41) is 8.61. The third-order valence-electron chi connectivity index (χ3n) is 1.93. The Morgan fingerprint density at radius 2 is 2.31 bits per heavy atom. The molecule has 1 heterocycles. The molecule has 3 heteroatoms. The minimum atomic E-state index is 0.113. The van der Waals surface area contributed by atoms with Crippen LogP contribution in [-0.4, -0.2) is 22.7 Å². The van der Waals surface area contributed by atoms with Gasteiger partial charge in [0.2, 0.25) is 0 Å². The second-order valence-corrected chi connectivity index (χ2v) is 3.15. The van der Waals surface area contributed by atoms with E-state index in [0.29, 0.717) is 0 Å². The van der Waals surface area contributed by atoms with Gasteiger partial charge >= 0.3 is 0 Å². The molecule has 0 aromatic carbocycles. The van der Waals surface area contributed by atoms with Crippen LogP contribution in [0.1, 0.15) is 18.5 Å². The normalized spacial score (nSPS) is 12.8. The summed E-state index contributed by atoms with van der Waals surface area (Å²) in [5.41, 5.74) is 6.86. The van der Waals surface area contributed by atoms with Gasteiger partial charge in [0.1, 0.15) is 0 Å². The van der Waals surface area contributed by atoms with Crippen molar-refractivity contribution in [2.24, 2.45) is 5.73 Å². The van der Waals surface area contributed by atoms with Crippen LogP contribution in [-0.2, 0) is 6.42 Å². The first kappa shape index (κ1) is 10.2. The predicted molar refractivity (Wildman–Crippen MR) is 52.2 cm³/mol. The van der Waals surface area contributed by atoms with Crippen molar-refractivity contribution in [2.45, 2.75) is 25.3 Å². The summed E-state index contributed by atoms with van der Waals surface area (Å²) in [6, 6.07) is 5.94. The number of nitrogens with zero attached hydrogens (tertiary/aromatic N) is 1. The predicted octanol–water partition coefficient (Wildman–Crippen LogP) is 0.724. The molecule has 1 aromatic heterocycles. The number of aliphatic hydroxyl groups excluding tert-OH is 1. The van der Waals surface area contributed by atoms with Crippen molar-refractivity contribution in [3.63, 3.8) is 0 Å². The standard InChI is InChI=1S/C10H16N2O/c11-9(4-3-7-13)8-10-5-1-2-6-12-10/h1-2,5-6,9,13H,3-4,7-8,11H2. The van der Waals surface area contributed by atoms with Crippen molar-refractivity contribution in [1.29, 1.82) is 0 Å². The highest BCUT2D eigenvalue weighted by Gasteiger charge is 2.03. The molecular formula is C10H16N2O. The number of pyridine rings is 1. The van der Waals surface area contributed by atoms with E-state index in [-0.39, 0.29) is 12.6 Å². The Morgan fingerprint density at radius 3 is 2.92 bits per heavy atom. The molecule has 0 fully saturated rings. The molecule has 0 aliphatic carbocycles. The number of hydrogen-bond donors (Lipinski definition) is 2. The third kappa shape index (κ3) is 4.01. The maximum Gasteiger partial charge on any atom is 0.0431 e. The number of rotatable bonds is 5. The average Bonchev–Trinajstić information content (AvgIpc) is 2.16. The van der Waals surface area contributed by atoms with E-state index in [2.05, 4.69) is 4.98 Å². The highest BCUT2D eigenvalue weighted by Crippen LogP contribution is 2.02. The maximum atomic E-state index is 8.61.